The lowest BCUT2D eigenvalue weighted by molar-refractivity contribution is 0.0701. The summed E-state index contributed by atoms with van der Waals surface area (Å²) in [5.41, 5.74) is 0.725. The molecule has 19 heavy (non-hydrogen) atoms. The highest BCUT2D eigenvalue weighted by Gasteiger charge is 2.18. The maximum absolute atomic E-state index is 12.0. The standard InChI is InChI=1S/C14H16O3S2/c1-2-3-8-19(17)9-11-10-6-4-5-7-12(10)18-13(11)14(15)16/h4-7H,2-3,8-9H2,1H3,(H,15,16). The zero-order chi connectivity index (χ0) is 13.8. The Labute approximate surface area is 118 Å². The molecule has 0 saturated heterocycles. The predicted octanol–water partition coefficient (Wildman–Crippen LogP) is 3.65. The van der Waals surface area contributed by atoms with Crippen LogP contribution >= 0.6 is 11.3 Å². The van der Waals surface area contributed by atoms with Gasteiger partial charge in [-0.3, -0.25) is 4.21 Å². The molecule has 1 aromatic heterocycles. The topological polar surface area (TPSA) is 54.4 Å². The molecule has 0 spiro atoms. The first-order chi connectivity index (χ1) is 9.13. The van der Waals surface area contributed by atoms with Gasteiger partial charge < -0.3 is 5.11 Å². The molecule has 0 fully saturated rings. The highest BCUT2D eigenvalue weighted by Crippen LogP contribution is 2.32. The molecule has 102 valence electrons. The van der Waals surface area contributed by atoms with E-state index in [9.17, 15) is 14.1 Å². The van der Waals surface area contributed by atoms with Crippen LogP contribution in [0.25, 0.3) is 10.1 Å². The van der Waals surface area contributed by atoms with E-state index in [1.165, 1.54) is 11.3 Å². The van der Waals surface area contributed by atoms with E-state index in [2.05, 4.69) is 6.92 Å². The van der Waals surface area contributed by atoms with Gasteiger partial charge in [0.05, 0.1) is 5.75 Å². The molecule has 0 bridgehead atoms. The minimum Gasteiger partial charge on any atom is -0.477 e. The van der Waals surface area contributed by atoms with Gasteiger partial charge in [-0.15, -0.1) is 11.3 Å². The summed E-state index contributed by atoms with van der Waals surface area (Å²) in [4.78, 5) is 11.6. The van der Waals surface area contributed by atoms with E-state index in [1.807, 2.05) is 24.3 Å². The number of hydrogen-bond donors (Lipinski definition) is 1. The summed E-state index contributed by atoms with van der Waals surface area (Å²) in [6.45, 7) is 2.06. The zero-order valence-electron chi connectivity index (χ0n) is 10.7. The first-order valence-electron chi connectivity index (χ1n) is 6.22. The van der Waals surface area contributed by atoms with E-state index in [4.69, 9.17) is 0 Å². The maximum atomic E-state index is 12.0. The Bertz CT molecular complexity index is 616. The Hall–Kier alpha value is -1.20. The fourth-order valence-electron chi connectivity index (χ4n) is 1.95. The Balaban J connectivity index is 2.36. The highest BCUT2D eigenvalue weighted by atomic mass is 32.2. The molecule has 0 amide bonds. The molecule has 1 aromatic carbocycles. The van der Waals surface area contributed by atoms with Crippen molar-refractivity contribution in [3.63, 3.8) is 0 Å². The fourth-order valence-corrected chi connectivity index (χ4v) is 4.48. The van der Waals surface area contributed by atoms with Gasteiger partial charge in [-0.2, -0.15) is 0 Å². The molecule has 3 nitrogen and oxygen atoms in total. The van der Waals surface area contributed by atoms with Crippen molar-refractivity contribution < 1.29 is 14.1 Å². The highest BCUT2D eigenvalue weighted by molar-refractivity contribution is 7.84. The number of hydrogen-bond acceptors (Lipinski definition) is 3. The predicted molar refractivity (Wildman–Crippen MR) is 80.4 cm³/mol. The summed E-state index contributed by atoms with van der Waals surface area (Å²) in [7, 11) is -0.989. The van der Waals surface area contributed by atoms with Gasteiger partial charge in [0.15, 0.2) is 0 Å². The average Bonchev–Trinajstić information content (AvgIpc) is 2.76. The molecular weight excluding hydrogens is 280 g/mol. The van der Waals surface area contributed by atoms with Crippen LogP contribution in [-0.4, -0.2) is 21.0 Å². The van der Waals surface area contributed by atoms with Crippen LogP contribution in [0.3, 0.4) is 0 Å². The van der Waals surface area contributed by atoms with Crippen LogP contribution in [0.4, 0.5) is 0 Å². The minimum absolute atomic E-state index is 0.325. The largest absolute Gasteiger partial charge is 0.477 e. The number of rotatable bonds is 6. The second kappa shape index (κ2) is 6.30. The van der Waals surface area contributed by atoms with E-state index < -0.39 is 16.8 Å². The zero-order valence-corrected chi connectivity index (χ0v) is 12.4. The van der Waals surface area contributed by atoms with Gasteiger partial charge in [0, 0.05) is 21.3 Å². The quantitative estimate of drug-likeness (QED) is 0.885. The summed E-state index contributed by atoms with van der Waals surface area (Å²) in [6.07, 6.45) is 1.92. The van der Waals surface area contributed by atoms with Crippen molar-refractivity contribution in [1.29, 1.82) is 0 Å². The van der Waals surface area contributed by atoms with Gasteiger partial charge >= 0.3 is 5.97 Å². The van der Waals surface area contributed by atoms with Crippen LogP contribution in [0.15, 0.2) is 24.3 Å². The molecule has 1 heterocycles. The average molecular weight is 296 g/mol. The smallest absolute Gasteiger partial charge is 0.346 e. The molecule has 1 N–H and O–H groups in total. The molecule has 0 aliphatic rings. The van der Waals surface area contributed by atoms with Gasteiger partial charge in [-0.05, 0) is 23.4 Å². The number of aromatic carboxylic acids is 1. The van der Waals surface area contributed by atoms with Crippen LogP contribution in [0, 0.1) is 0 Å². The van der Waals surface area contributed by atoms with Gasteiger partial charge in [0.1, 0.15) is 4.88 Å². The minimum atomic E-state index is -0.989. The summed E-state index contributed by atoms with van der Waals surface area (Å²) >= 11 is 1.26. The summed E-state index contributed by atoms with van der Waals surface area (Å²) in [5, 5.41) is 10.2. The first-order valence-corrected chi connectivity index (χ1v) is 8.52. The lowest BCUT2D eigenvalue weighted by Crippen LogP contribution is -2.04. The van der Waals surface area contributed by atoms with Crippen LogP contribution in [0.5, 0.6) is 0 Å². The van der Waals surface area contributed by atoms with Crippen LogP contribution in [0.1, 0.15) is 35.0 Å². The maximum Gasteiger partial charge on any atom is 0.346 e. The Kier molecular flexibility index (Phi) is 4.71. The van der Waals surface area contributed by atoms with Crippen molar-refractivity contribution in [2.75, 3.05) is 5.75 Å². The lowest BCUT2D eigenvalue weighted by Gasteiger charge is -2.02. The molecule has 5 heteroatoms. The number of carboxylic acids is 1. The molecule has 0 aliphatic heterocycles. The van der Waals surface area contributed by atoms with Crippen LogP contribution in [0.2, 0.25) is 0 Å². The third kappa shape index (κ3) is 3.22. The van der Waals surface area contributed by atoms with Crippen LogP contribution in [-0.2, 0) is 16.6 Å². The van der Waals surface area contributed by atoms with E-state index in [0.29, 0.717) is 16.4 Å². The second-order valence-corrected chi connectivity index (χ2v) is 6.98. The molecule has 0 aliphatic carbocycles. The van der Waals surface area contributed by atoms with Crippen molar-refractivity contribution in [3.05, 3.63) is 34.7 Å². The van der Waals surface area contributed by atoms with E-state index in [-0.39, 0.29) is 0 Å². The SMILES string of the molecule is CCCCS(=O)Cc1c(C(=O)O)sc2ccccc12. The second-order valence-electron chi connectivity index (χ2n) is 4.35. The summed E-state index contributed by atoms with van der Waals surface area (Å²) in [6, 6.07) is 7.59. The number of carboxylic acid groups (broad SMARTS) is 1. The molecule has 0 radical (unpaired) electrons. The molecular formula is C14H16O3S2. The van der Waals surface area contributed by atoms with Gasteiger partial charge in [-0.25, -0.2) is 4.79 Å². The molecule has 1 unspecified atom stereocenters. The number of fused-ring (bicyclic) bond motifs is 1. The normalized spacial score (nSPS) is 12.7. The molecule has 2 aromatic rings. The number of unbranched alkanes of at least 4 members (excludes halogenated alkanes) is 1. The van der Waals surface area contributed by atoms with E-state index >= 15 is 0 Å². The van der Waals surface area contributed by atoms with Crippen molar-refractivity contribution in [2.24, 2.45) is 0 Å². The van der Waals surface area contributed by atoms with E-state index in [0.717, 1.165) is 28.5 Å². The lowest BCUT2D eigenvalue weighted by atomic mass is 10.1. The van der Waals surface area contributed by atoms with Gasteiger partial charge in [0.2, 0.25) is 0 Å². The van der Waals surface area contributed by atoms with Gasteiger partial charge in [0.25, 0.3) is 0 Å². The summed E-state index contributed by atoms with van der Waals surface area (Å²) < 4.78 is 13.0. The van der Waals surface area contributed by atoms with Gasteiger partial charge in [-0.1, -0.05) is 31.5 Å². The monoisotopic (exact) mass is 296 g/mol. The van der Waals surface area contributed by atoms with Crippen molar-refractivity contribution >= 4 is 38.2 Å². The van der Waals surface area contributed by atoms with Crippen molar-refractivity contribution in [3.8, 4) is 0 Å². The van der Waals surface area contributed by atoms with Crippen molar-refractivity contribution in [1.82, 2.24) is 0 Å². The number of benzene rings is 1. The molecule has 2 rings (SSSR count). The number of carbonyl (C=O) groups is 1. The van der Waals surface area contributed by atoms with E-state index in [1.54, 1.807) is 0 Å². The molecule has 1 atom stereocenters. The Morgan fingerprint density at radius 2 is 2.11 bits per heavy atom. The van der Waals surface area contributed by atoms with Crippen LogP contribution < -0.4 is 0 Å². The Morgan fingerprint density at radius 1 is 1.37 bits per heavy atom. The van der Waals surface area contributed by atoms with Crippen molar-refractivity contribution in [2.45, 2.75) is 25.5 Å². The molecule has 0 saturated carbocycles. The Morgan fingerprint density at radius 3 is 2.79 bits per heavy atom. The third-order valence-corrected chi connectivity index (χ3v) is 5.48. The third-order valence-electron chi connectivity index (χ3n) is 2.92. The summed E-state index contributed by atoms with van der Waals surface area (Å²) in [5.74, 6) is 0.0504. The first kappa shape index (κ1) is 14.2. The fraction of sp³-hybridized carbons (Fsp3) is 0.357. The number of thiophene rings is 1.